The fourth-order valence-electron chi connectivity index (χ4n) is 0.374. The van der Waals surface area contributed by atoms with Crippen LogP contribution in [0.1, 0.15) is 20.3 Å². The average molecular weight is 153 g/mol. The number of thioether (sulfide) groups is 1. The van der Waals surface area contributed by atoms with Gasteiger partial charge in [0.05, 0.1) is 0 Å². The van der Waals surface area contributed by atoms with E-state index in [2.05, 4.69) is 13.8 Å². The minimum Gasteiger partial charge on any atom is -0.159 e. The van der Waals surface area contributed by atoms with Gasteiger partial charge in [-0.2, -0.15) is 11.8 Å². The van der Waals surface area contributed by atoms with Gasteiger partial charge < -0.3 is 0 Å². The van der Waals surface area contributed by atoms with Crippen molar-refractivity contribution in [2.45, 2.75) is 25.5 Å². The van der Waals surface area contributed by atoms with Gasteiger partial charge in [0, 0.05) is 5.88 Å². The molecule has 50 valence electrons. The van der Waals surface area contributed by atoms with Crippen LogP contribution in [0.15, 0.2) is 0 Å². The van der Waals surface area contributed by atoms with Crippen LogP contribution in [0.2, 0.25) is 0 Å². The predicted molar refractivity (Wildman–Crippen MR) is 42.9 cm³/mol. The van der Waals surface area contributed by atoms with Gasteiger partial charge in [0.25, 0.3) is 0 Å². The van der Waals surface area contributed by atoms with Crippen molar-refractivity contribution in [3.63, 3.8) is 0 Å². The minimum absolute atomic E-state index is 0.762. The molecule has 0 aliphatic rings. The van der Waals surface area contributed by atoms with Crippen LogP contribution in [0.3, 0.4) is 0 Å². The van der Waals surface area contributed by atoms with Crippen LogP contribution in [-0.4, -0.2) is 16.9 Å². The van der Waals surface area contributed by atoms with Crippen LogP contribution >= 0.6 is 23.4 Å². The van der Waals surface area contributed by atoms with E-state index < -0.39 is 0 Å². The largest absolute Gasteiger partial charge is 0.159 e. The number of hydrogen-bond acceptors (Lipinski definition) is 1. The fourth-order valence-corrected chi connectivity index (χ4v) is 1.45. The van der Waals surface area contributed by atoms with Crippen molar-refractivity contribution in [3.05, 3.63) is 0 Å². The standard InChI is InChI=1S/C6H13ClS/c1-6(2)8-5-3-4-7/h6H,3-5H2,1-2H3. The fraction of sp³-hybridized carbons (Fsp3) is 1.00. The van der Waals surface area contributed by atoms with Crippen LogP contribution < -0.4 is 0 Å². The molecule has 0 saturated heterocycles. The molecule has 0 unspecified atom stereocenters. The topological polar surface area (TPSA) is 0 Å². The highest BCUT2D eigenvalue weighted by molar-refractivity contribution is 7.99. The highest BCUT2D eigenvalue weighted by Gasteiger charge is 1.91. The van der Waals surface area contributed by atoms with Crippen molar-refractivity contribution < 1.29 is 0 Å². The molecular weight excluding hydrogens is 140 g/mol. The molecule has 0 aromatic heterocycles. The quantitative estimate of drug-likeness (QED) is 0.441. The second kappa shape index (κ2) is 5.77. The maximum Gasteiger partial charge on any atom is 0.0231 e. The summed E-state index contributed by atoms with van der Waals surface area (Å²) in [6.45, 7) is 4.41. The third-order valence-corrected chi connectivity index (χ3v) is 2.19. The Labute approximate surface area is 61.0 Å². The van der Waals surface area contributed by atoms with Crippen molar-refractivity contribution in [1.82, 2.24) is 0 Å². The zero-order valence-corrected chi connectivity index (χ0v) is 7.06. The Bertz CT molecular complexity index is 45.8. The van der Waals surface area contributed by atoms with Crippen molar-refractivity contribution in [2.24, 2.45) is 0 Å². The van der Waals surface area contributed by atoms with E-state index in [-0.39, 0.29) is 0 Å². The van der Waals surface area contributed by atoms with Gasteiger partial charge in [0.2, 0.25) is 0 Å². The molecule has 0 rings (SSSR count). The summed E-state index contributed by atoms with van der Waals surface area (Å²) >= 11 is 7.44. The van der Waals surface area contributed by atoms with Crippen LogP contribution in [0.5, 0.6) is 0 Å². The van der Waals surface area contributed by atoms with E-state index in [9.17, 15) is 0 Å². The summed E-state index contributed by atoms with van der Waals surface area (Å²) < 4.78 is 0. The molecule has 0 fully saturated rings. The zero-order chi connectivity index (χ0) is 6.41. The molecule has 0 amide bonds. The third kappa shape index (κ3) is 6.64. The lowest BCUT2D eigenvalue weighted by molar-refractivity contribution is 1.07. The number of halogens is 1. The van der Waals surface area contributed by atoms with Crippen molar-refractivity contribution in [1.29, 1.82) is 0 Å². The SMILES string of the molecule is CC(C)SCCCCl. The molecule has 0 saturated carbocycles. The van der Waals surface area contributed by atoms with Crippen molar-refractivity contribution in [3.8, 4) is 0 Å². The Morgan fingerprint density at radius 2 is 2.12 bits per heavy atom. The summed E-state index contributed by atoms with van der Waals surface area (Å²) in [6.07, 6.45) is 1.14. The van der Waals surface area contributed by atoms with E-state index in [1.54, 1.807) is 0 Å². The smallest absolute Gasteiger partial charge is 0.0231 e. The van der Waals surface area contributed by atoms with Gasteiger partial charge in [0.1, 0.15) is 0 Å². The highest BCUT2D eigenvalue weighted by Crippen LogP contribution is 2.09. The Kier molecular flexibility index (Phi) is 6.23. The monoisotopic (exact) mass is 152 g/mol. The molecule has 0 nitrogen and oxygen atoms in total. The van der Waals surface area contributed by atoms with Crippen LogP contribution in [0.25, 0.3) is 0 Å². The van der Waals surface area contributed by atoms with Crippen molar-refractivity contribution >= 4 is 23.4 Å². The van der Waals surface area contributed by atoms with E-state index in [1.807, 2.05) is 11.8 Å². The maximum atomic E-state index is 5.47. The molecule has 0 N–H and O–H groups in total. The van der Waals surface area contributed by atoms with Gasteiger partial charge in [-0.05, 0) is 17.4 Å². The Morgan fingerprint density at radius 1 is 1.50 bits per heavy atom. The Balaban J connectivity index is 2.72. The summed E-state index contributed by atoms with van der Waals surface area (Å²) in [5.74, 6) is 2.01. The highest BCUT2D eigenvalue weighted by atomic mass is 35.5. The predicted octanol–water partition coefficient (Wildman–Crippen LogP) is 2.76. The van der Waals surface area contributed by atoms with Crippen LogP contribution in [0.4, 0.5) is 0 Å². The van der Waals surface area contributed by atoms with E-state index >= 15 is 0 Å². The molecule has 0 bridgehead atoms. The first-order valence-corrected chi connectivity index (χ1v) is 4.53. The molecule has 0 spiro atoms. The summed E-state index contributed by atoms with van der Waals surface area (Å²) in [4.78, 5) is 0. The van der Waals surface area contributed by atoms with Crippen LogP contribution in [0, 0.1) is 0 Å². The van der Waals surface area contributed by atoms with Gasteiger partial charge in [-0.1, -0.05) is 13.8 Å². The number of alkyl halides is 1. The van der Waals surface area contributed by atoms with Gasteiger partial charge in [-0.3, -0.25) is 0 Å². The molecule has 2 heteroatoms. The first-order chi connectivity index (χ1) is 3.77. The van der Waals surface area contributed by atoms with Crippen molar-refractivity contribution in [2.75, 3.05) is 11.6 Å². The molecule has 8 heavy (non-hydrogen) atoms. The molecule has 0 aromatic carbocycles. The molecule has 0 heterocycles. The normalized spacial score (nSPS) is 10.5. The molecule has 0 aromatic rings. The average Bonchev–Trinajstić information content (AvgIpc) is 1.66. The Morgan fingerprint density at radius 3 is 2.50 bits per heavy atom. The zero-order valence-electron chi connectivity index (χ0n) is 5.48. The first kappa shape index (κ1) is 8.64. The van der Waals surface area contributed by atoms with E-state index in [0.717, 1.165) is 17.6 Å². The van der Waals surface area contributed by atoms with E-state index in [1.165, 1.54) is 5.75 Å². The van der Waals surface area contributed by atoms with Gasteiger partial charge in [-0.25, -0.2) is 0 Å². The number of hydrogen-bond donors (Lipinski definition) is 0. The van der Waals surface area contributed by atoms with E-state index in [4.69, 9.17) is 11.6 Å². The first-order valence-electron chi connectivity index (χ1n) is 2.95. The summed E-state index contributed by atoms with van der Waals surface area (Å²) in [5, 5.41) is 0.762. The second-order valence-corrected chi connectivity index (χ2v) is 4.02. The summed E-state index contributed by atoms with van der Waals surface area (Å²) in [5.41, 5.74) is 0. The van der Waals surface area contributed by atoms with E-state index in [0.29, 0.717) is 0 Å². The minimum atomic E-state index is 0.762. The van der Waals surface area contributed by atoms with Gasteiger partial charge in [-0.15, -0.1) is 11.6 Å². The molecule has 0 aliphatic heterocycles. The molecule has 0 aliphatic carbocycles. The molecule has 0 radical (unpaired) electrons. The lowest BCUT2D eigenvalue weighted by atomic mass is 10.6. The number of rotatable bonds is 4. The Hall–Kier alpha value is 0.640. The van der Waals surface area contributed by atoms with Crippen LogP contribution in [-0.2, 0) is 0 Å². The second-order valence-electron chi connectivity index (χ2n) is 1.96. The summed E-state index contributed by atoms with van der Waals surface area (Å²) in [7, 11) is 0. The third-order valence-electron chi connectivity index (χ3n) is 0.729. The lowest BCUT2D eigenvalue weighted by Crippen LogP contribution is -1.89. The van der Waals surface area contributed by atoms with Gasteiger partial charge in [0.15, 0.2) is 0 Å². The molecular formula is C6H13ClS. The molecule has 0 atom stereocenters. The maximum absolute atomic E-state index is 5.47. The lowest BCUT2D eigenvalue weighted by Gasteiger charge is -2.00. The van der Waals surface area contributed by atoms with Gasteiger partial charge >= 0.3 is 0 Å². The summed E-state index contributed by atoms with van der Waals surface area (Å²) in [6, 6.07) is 0.